The summed E-state index contributed by atoms with van der Waals surface area (Å²) >= 11 is 0. The predicted octanol–water partition coefficient (Wildman–Crippen LogP) is 19.8. The highest BCUT2D eigenvalue weighted by Gasteiger charge is 2.19. The molecule has 0 fully saturated rings. The number of unbranched alkanes of at least 4 members (excludes halogenated alkanes) is 35. The quantitative estimate of drug-likeness (QED) is 0.0262. The van der Waals surface area contributed by atoms with E-state index >= 15 is 0 Å². The van der Waals surface area contributed by atoms with Crippen molar-refractivity contribution in [1.82, 2.24) is 0 Å². The van der Waals surface area contributed by atoms with Crippen LogP contribution in [-0.4, -0.2) is 37.2 Å². The summed E-state index contributed by atoms with van der Waals surface area (Å²) in [5.41, 5.74) is 0. The lowest BCUT2D eigenvalue weighted by atomic mass is 10.0. The molecule has 0 aromatic carbocycles. The number of hydrogen-bond acceptors (Lipinski definition) is 6. The van der Waals surface area contributed by atoms with Gasteiger partial charge in [-0.15, -0.1) is 0 Å². The van der Waals surface area contributed by atoms with E-state index < -0.39 is 6.10 Å². The molecule has 0 amide bonds. The molecule has 0 saturated heterocycles. The Kier molecular flexibility index (Phi) is 54.8. The van der Waals surface area contributed by atoms with Crippen LogP contribution in [-0.2, 0) is 28.6 Å². The molecule has 0 N–H and O–H groups in total. The molecule has 0 aliphatic carbocycles. The van der Waals surface area contributed by atoms with Crippen molar-refractivity contribution in [2.24, 2.45) is 0 Å². The first-order chi connectivity index (χ1) is 33.5. The minimum absolute atomic E-state index is 0.0756. The molecule has 0 spiro atoms. The van der Waals surface area contributed by atoms with Gasteiger partial charge in [0.05, 0.1) is 0 Å². The summed E-state index contributed by atoms with van der Waals surface area (Å²) in [6.45, 7) is 6.57. The molecule has 6 heteroatoms. The molecule has 68 heavy (non-hydrogen) atoms. The van der Waals surface area contributed by atoms with E-state index in [4.69, 9.17) is 14.2 Å². The molecule has 0 saturated carbocycles. The van der Waals surface area contributed by atoms with Crippen LogP contribution in [0.1, 0.15) is 310 Å². The van der Waals surface area contributed by atoms with Gasteiger partial charge in [0, 0.05) is 19.3 Å². The normalized spacial score (nSPS) is 12.3. The summed E-state index contributed by atoms with van der Waals surface area (Å²) in [4.78, 5) is 38.0. The molecule has 0 heterocycles. The van der Waals surface area contributed by atoms with Crippen molar-refractivity contribution in [3.05, 3.63) is 48.6 Å². The van der Waals surface area contributed by atoms with E-state index in [0.29, 0.717) is 19.3 Å². The average molecular weight is 954 g/mol. The Hall–Kier alpha value is -2.63. The van der Waals surface area contributed by atoms with Crippen molar-refractivity contribution in [3.8, 4) is 0 Å². The molecule has 396 valence electrons. The van der Waals surface area contributed by atoms with Crippen LogP contribution >= 0.6 is 0 Å². The smallest absolute Gasteiger partial charge is 0.306 e. The third-order valence-corrected chi connectivity index (χ3v) is 13.0. The van der Waals surface area contributed by atoms with Gasteiger partial charge in [-0.3, -0.25) is 14.4 Å². The summed E-state index contributed by atoms with van der Waals surface area (Å²) in [5.74, 6) is -0.879. The van der Waals surface area contributed by atoms with Crippen LogP contribution in [0.3, 0.4) is 0 Å². The SMILES string of the molecule is CCC/C=C\C/C=C\CCCCCCCC(=O)OC(COC(=O)CCCCCCCCCCCC)COC(=O)CCCCCCCCCCCCCCCCC/C=C\C/C=C\CCCCCCC. The van der Waals surface area contributed by atoms with E-state index in [2.05, 4.69) is 69.4 Å². The second kappa shape index (κ2) is 57.0. The first kappa shape index (κ1) is 65.4. The number of rotatable bonds is 54. The maximum Gasteiger partial charge on any atom is 0.306 e. The van der Waals surface area contributed by atoms with Crippen LogP contribution in [0.5, 0.6) is 0 Å². The number of allylic oxidation sites excluding steroid dienone is 8. The number of carbonyl (C=O) groups is 3. The van der Waals surface area contributed by atoms with Gasteiger partial charge in [0.2, 0.25) is 0 Å². The zero-order valence-corrected chi connectivity index (χ0v) is 45.4. The van der Waals surface area contributed by atoms with Crippen molar-refractivity contribution in [3.63, 3.8) is 0 Å². The van der Waals surface area contributed by atoms with Gasteiger partial charge in [-0.1, -0.05) is 262 Å². The molecule has 6 nitrogen and oxygen atoms in total. The van der Waals surface area contributed by atoms with Gasteiger partial charge < -0.3 is 14.2 Å². The molecule has 0 aliphatic heterocycles. The highest BCUT2D eigenvalue weighted by Crippen LogP contribution is 2.16. The van der Waals surface area contributed by atoms with E-state index in [9.17, 15) is 14.4 Å². The van der Waals surface area contributed by atoms with E-state index in [1.807, 2.05) is 0 Å². The molecule has 1 unspecified atom stereocenters. The fourth-order valence-corrected chi connectivity index (χ4v) is 8.57. The number of carbonyl (C=O) groups excluding carboxylic acids is 3. The maximum atomic E-state index is 12.8. The van der Waals surface area contributed by atoms with E-state index in [0.717, 1.165) is 96.3 Å². The van der Waals surface area contributed by atoms with Crippen LogP contribution in [0.4, 0.5) is 0 Å². The molecule has 0 aliphatic rings. The topological polar surface area (TPSA) is 78.9 Å². The number of ether oxygens (including phenoxy) is 3. The van der Waals surface area contributed by atoms with Gasteiger partial charge in [-0.05, 0) is 77.0 Å². The van der Waals surface area contributed by atoms with Crippen LogP contribution < -0.4 is 0 Å². The second-order valence-electron chi connectivity index (χ2n) is 19.9. The summed E-state index contributed by atoms with van der Waals surface area (Å²) in [6, 6.07) is 0. The molecule has 0 aromatic heterocycles. The van der Waals surface area contributed by atoms with Crippen LogP contribution in [0.25, 0.3) is 0 Å². The third-order valence-electron chi connectivity index (χ3n) is 13.0. The standard InChI is InChI=1S/C62H112O6/c1-4-7-10-13-16-19-22-24-25-26-27-28-29-30-31-32-33-34-35-36-37-39-40-43-46-49-52-55-61(64)67-58-59(57-66-60(63)54-51-48-45-42-21-18-15-12-9-6-3)68-62(65)56-53-50-47-44-41-38-23-20-17-14-11-8-5-2/h11,14,20,22-24,26-27,59H,4-10,12-13,15-19,21,25,28-58H2,1-3H3/b14-11-,23-20-,24-22-,27-26-. The van der Waals surface area contributed by atoms with Gasteiger partial charge in [-0.2, -0.15) is 0 Å². The zero-order chi connectivity index (χ0) is 49.3. The first-order valence-corrected chi connectivity index (χ1v) is 29.6. The Bertz CT molecular complexity index is 1190. The van der Waals surface area contributed by atoms with Gasteiger partial charge in [0.1, 0.15) is 13.2 Å². The Balaban J connectivity index is 4.14. The Labute approximate surface area is 422 Å². The zero-order valence-electron chi connectivity index (χ0n) is 45.4. The monoisotopic (exact) mass is 953 g/mol. The lowest BCUT2D eigenvalue weighted by Crippen LogP contribution is -2.30. The molecule has 0 radical (unpaired) electrons. The van der Waals surface area contributed by atoms with Gasteiger partial charge in [0.15, 0.2) is 6.10 Å². The Morgan fingerprint density at radius 3 is 0.868 bits per heavy atom. The fraction of sp³-hybridized carbons (Fsp3) is 0.823. The van der Waals surface area contributed by atoms with E-state index in [-0.39, 0.29) is 31.1 Å². The largest absolute Gasteiger partial charge is 0.462 e. The Morgan fingerprint density at radius 1 is 0.294 bits per heavy atom. The van der Waals surface area contributed by atoms with Crippen molar-refractivity contribution in [2.45, 2.75) is 316 Å². The van der Waals surface area contributed by atoms with E-state index in [1.165, 1.54) is 173 Å². The summed E-state index contributed by atoms with van der Waals surface area (Å²) in [6.07, 6.45) is 69.8. The van der Waals surface area contributed by atoms with E-state index in [1.54, 1.807) is 0 Å². The second-order valence-corrected chi connectivity index (χ2v) is 19.9. The molecular formula is C62H112O6. The minimum Gasteiger partial charge on any atom is -0.462 e. The van der Waals surface area contributed by atoms with Crippen molar-refractivity contribution in [2.75, 3.05) is 13.2 Å². The average Bonchev–Trinajstić information content (AvgIpc) is 3.34. The van der Waals surface area contributed by atoms with Crippen molar-refractivity contribution in [1.29, 1.82) is 0 Å². The summed E-state index contributed by atoms with van der Waals surface area (Å²) in [5, 5.41) is 0. The predicted molar refractivity (Wildman–Crippen MR) is 293 cm³/mol. The third kappa shape index (κ3) is 54.3. The lowest BCUT2D eigenvalue weighted by molar-refractivity contribution is -0.167. The summed E-state index contributed by atoms with van der Waals surface area (Å²) < 4.78 is 16.8. The van der Waals surface area contributed by atoms with Crippen molar-refractivity contribution < 1.29 is 28.6 Å². The highest BCUT2D eigenvalue weighted by molar-refractivity contribution is 5.71. The lowest BCUT2D eigenvalue weighted by Gasteiger charge is -2.18. The Morgan fingerprint density at radius 2 is 0.559 bits per heavy atom. The molecule has 0 bridgehead atoms. The van der Waals surface area contributed by atoms with Crippen LogP contribution in [0.2, 0.25) is 0 Å². The number of esters is 3. The first-order valence-electron chi connectivity index (χ1n) is 29.6. The van der Waals surface area contributed by atoms with Gasteiger partial charge >= 0.3 is 17.9 Å². The summed E-state index contributed by atoms with van der Waals surface area (Å²) in [7, 11) is 0. The molecule has 0 rings (SSSR count). The minimum atomic E-state index is -0.776. The van der Waals surface area contributed by atoms with Crippen LogP contribution in [0.15, 0.2) is 48.6 Å². The highest BCUT2D eigenvalue weighted by atomic mass is 16.6. The fourth-order valence-electron chi connectivity index (χ4n) is 8.57. The van der Waals surface area contributed by atoms with Crippen LogP contribution in [0, 0.1) is 0 Å². The van der Waals surface area contributed by atoms with Gasteiger partial charge in [-0.25, -0.2) is 0 Å². The molecule has 0 aromatic rings. The number of hydrogen-bond donors (Lipinski definition) is 0. The van der Waals surface area contributed by atoms with Gasteiger partial charge in [0.25, 0.3) is 0 Å². The van der Waals surface area contributed by atoms with Crippen molar-refractivity contribution >= 4 is 17.9 Å². The molecule has 1 atom stereocenters. The maximum absolute atomic E-state index is 12.8. The molecular weight excluding hydrogens is 841 g/mol.